The first-order chi connectivity index (χ1) is 11.6. The van der Waals surface area contributed by atoms with Crippen molar-refractivity contribution in [2.75, 3.05) is 13.1 Å². The molecule has 2 aliphatic heterocycles. The molecule has 2 unspecified atom stereocenters. The smallest absolute Gasteiger partial charge is 0.165 e. The van der Waals surface area contributed by atoms with Crippen LogP contribution in [0.1, 0.15) is 17.5 Å². The Morgan fingerprint density at radius 1 is 1.46 bits per heavy atom. The number of ether oxygens (including phenoxy) is 1. The van der Waals surface area contributed by atoms with Gasteiger partial charge in [0.15, 0.2) is 11.5 Å². The minimum atomic E-state index is -0.635. The van der Waals surface area contributed by atoms with Gasteiger partial charge in [0.25, 0.3) is 0 Å². The molecule has 2 aliphatic carbocycles. The highest BCUT2D eigenvalue weighted by molar-refractivity contribution is 9.10. The van der Waals surface area contributed by atoms with Crippen molar-refractivity contribution in [2.24, 2.45) is 5.92 Å². The van der Waals surface area contributed by atoms with Crippen LogP contribution >= 0.6 is 15.9 Å². The Balaban J connectivity index is 1.79. The third-order valence-corrected chi connectivity index (χ3v) is 7.13. The lowest BCUT2D eigenvalue weighted by Gasteiger charge is -2.57. The second-order valence-corrected chi connectivity index (χ2v) is 8.20. The summed E-state index contributed by atoms with van der Waals surface area (Å²) >= 11 is 3.65. The molecule has 5 rings (SSSR count). The van der Waals surface area contributed by atoms with Crippen LogP contribution in [0.25, 0.3) is 0 Å². The predicted octanol–water partition coefficient (Wildman–Crippen LogP) is 2.52. The van der Waals surface area contributed by atoms with Gasteiger partial charge in [0.2, 0.25) is 0 Å². The van der Waals surface area contributed by atoms with Crippen molar-refractivity contribution in [1.29, 1.82) is 0 Å². The van der Waals surface area contributed by atoms with Gasteiger partial charge >= 0.3 is 0 Å². The zero-order valence-electron chi connectivity index (χ0n) is 13.3. The number of halogens is 1. The molecule has 0 radical (unpaired) electrons. The standard InChI is InChI=1S/C19H20BrNO3/c1-2-6-21-7-5-19-11-3-4-14(22)18(19)24-17-15(23)9-12(20)10(16(17)19)8-13(11)21/h2-4,9,11,13-14,18,22-23H,1,5-8H2/t11-,13?,14-,18-,19?/m0/s1. The van der Waals surface area contributed by atoms with Gasteiger partial charge in [-0.1, -0.05) is 34.2 Å². The summed E-state index contributed by atoms with van der Waals surface area (Å²) in [6, 6.07) is 2.10. The Labute approximate surface area is 149 Å². The maximum Gasteiger partial charge on any atom is 0.165 e. The monoisotopic (exact) mass is 389 g/mol. The summed E-state index contributed by atoms with van der Waals surface area (Å²) < 4.78 is 7.10. The van der Waals surface area contributed by atoms with Gasteiger partial charge in [-0.05, 0) is 31.0 Å². The molecular formula is C19H20BrNO3. The quantitative estimate of drug-likeness (QED) is 0.763. The molecule has 2 N–H and O–H groups in total. The molecule has 24 heavy (non-hydrogen) atoms. The number of hydrogen-bond acceptors (Lipinski definition) is 4. The van der Waals surface area contributed by atoms with Gasteiger partial charge in [0.05, 0.1) is 0 Å². The molecule has 2 heterocycles. The van der Waals surface area contributed by atoms with Crippen LogP contribution in [0, 0.1) is 5.92 Å². The van der Waals surface area contributed by atoms with Gasteiger partial charge in [-0.3, -0.25) is 4.90 Å². The molecule has 0 aromatic heterocycles. The summed E-state index contributed by atoms with van der Waals surface area (Å²) in [5.74, 6) is 1.05. The van der Waals surface area contributed by atoms with Crippen LogP contribution in [0.2, 0.25) is 0 Å². The normalized spacial score (nSPS) is 38.6. The third kappa shape index (κ3) is 1.61. The van der Waals surface area contributed by atoms with Crippen molar-refractivity contribution in [3.63, 3.8) is 0 Å². The largest absolute Gasteiger partial charge is 0.504 e. The van der Waals surface area contributed by atoms with Crippen LogP contribution in [0.15, 0.2) is 35.3 Å². The Hall–Kier alpha value is -1.30. The highest BCUT2D eigenvalue weighted by Gasteiger charge is 2.64. The molecule has 5 heteroatoms. The van der Waals surface area contributed by atoms with E-state index >= 15 is 0 Å². The SMILES string of the molecule is C=CCN1CCC23c4c5c(Br)cc(O)c4O[C@H]2[C@@H](O)C=C[C@H]3C1C5. The number of phenols is 1. The average Bonchev–Trinajstić information content (AvgIpc) is 2.90. The molecule has 5 atom stereocenters. The number of aliphatic hydroxyl groups excluding tert-OH is 1. The first-order valence-corrected chi connectivity index (χ1v) is 9.30. The number of aromatic hydroxyl groups is 1. The van der Waals surface area contributed by atoms with E-state index in [2.05, 4.69) is 33.5 Å². The van der Waals surface area contributed by atoms with E-state index in [1.54, 1.807) is 6.07 Å². The average molecular weight is 390 g/mol. The van der Waals surface area contributed by atoms with Crippen LogP contribution in [-0.2, 0) is 11.8 Å². The Morgan fingerprint density at radius 2 is 2.29 bits per heavy atom. The minimum Gasteiger partial charge on any atom is -0.504 e. The summed E-state index contributed by atoms with van der Waals surface area (Å²) in [6.45, 7) is 5.74. The van der Waals surface area contributed by atoms with Crippen molar-refractivity contribution in [3.05, 3.63) is 46.5 Å². The molecule has 1 aromatic rings. The Bertz CT molecular complexity index is 776. The molecule has 1 aromatic carbocycles. The molecule has 1 saturated heterocycles. The van der Waals surface area contributed by atoms with Crippen LogP contribution in [-0.4, -0.2) is 46.5 Å². The highest BCUT2D eigenvalue weighted by Crippen LogP contribution is 2.63. The number of aliphatic hydroxyl groups is 1. The fourth-order valence-electron chi connectivity index (χ4n) is 5.56. The topological polar surface area (TPSA) is 52.9 Å². The van der Waals surface area contributed by atoms with E-state index in [0.29, 0.717) is 17.7 Å². The van der Waals surface area contributed by atoms with Gasteiger partial charge < -0.3 is 14.9 Å². The second-order valence-electron chi connectivity index (χ2n) is 7.35. The van der Waals surface area contributed by atoms with Gasteiger partial charge in [0.1, 0.15) is 12.2 Å². The fourth-order valence-corrected chi connectivity index (χ4v) is 6.14. The molecule has 1 spiro atoms. The van der Waals surface area contributed by atoms with Gasteiger partial charge in [-0.15, -0.1) is 6.58 Å². The lowest BCUT2D eigenvalue weighted by atomic mass is 9.53. The molecule has 0 saturated carbocycles. The van der Waals surface area contributed by atoms with E-state index < -0.39 is 6.10 Å². The van der Waals surface area contributed by atoms with Crippen LogP contribution < -0.4 is 4.74 Å². The zero-order chi connectivity index (χ0) is 16.6. The summed E-state index contributed by atoms with van der Waals surface area (Å²) in [5, 5.41) is 21.0. The summed E-state index contributed by atoms with van der Waals surface area (Å²) in [4.78, 5) is 2.49. The van der Waals surface area contributed by atoms with Crippen molar-refractivity contribution < 1.29 is 14.9 Å². The van der Waals surface area contributed by atoms with E-state index in [1.165, 1.54) is 5.56 Å². The maximum absolute atomic E-state index is 10.6. The van der Waals surface area contributed by atoms with Gasteiger partial charge in [-0.25, -0.2) is 0 Å². The number of benzene rings is 1. The number of hydrogen-bond donors (Lipinski definition) is 2. The number of rotatable bonds is 2. The molecule has 2 bridgehead atoms. The maximum atomic E-state index is 10.6. The Kier molecular flexibility index (Phi) is 3.04. The predicted molar refractivity (Wildman–Crippen MR) is 94.4 cm³/mol. The molecule has 1 fully saturated rings. The van der Waals surface area contributed by atoms with E-state index in [-0.39, 0.29) is 17.3 Å². The summed E-state index contributed by atoms with van der Waals surface area (Å²) in [6.07, 6.45) is 6.92. The second kappa shape index (κ2) is 4.87. The number of nitrogens with zero attached hydrogens (tertiary/aromatic N) is 1. The minimum absolute atomic E-state index is 0.169. The molecule has 126 valence electrons. The van der Waals surface area contributed by atoms with E-state index in [9.17, 15) is 10.2 Å². The molecular weight excluding hydrogens is 370 g/mol. The molecule has 4 nitrogen and oxygen atoms in total. The van der Waals surface area contributed by atoms with Crippen molar-refractivity contribution in [2.45, 2.75) is 36.5 Å². The number of likely N-dealkylation sites (tertiary alicyclic amines) is 1. The number of phenolic OH excluding ortho intramolecular Hbond substituents is 1. The first kappa shape index (κ1) is 15.0. The molecule has 4 aliphatic rings. The summed E-state index contributed by atoms with van der Waals surface area (Å²) in [5.41, 5.74) is 2.12. The van der Waals surface area contributed by atoms with E-state index in [0.717, 1.165) is 36.0 Å². The van der Waals surface area contributed by atoms with Crippen molar-refractivity contribution in [3.8, 4) is 11.5 Å². The van der Waals surface area contributed by atoms with Crippen molar-refractivity contribution >= 4 is 15.9 Å². The van der Waals surface area contributed by atoms with Crippen LogP contribution in [0.5, 0.6) is 11.5 Å². The Morgan fingerprint density at radius 3 is 3.08 bits per heavy atom. The zero-order valence-corrected chi connectivity index (χ0v) is 14.9. The number of piperidine rings is 1. The fraction of sp³-hybridized carbons (Fsp3) is 0.474. The summed E-state index contributed by atoms with van der Waals surface area (Å²) in [7, 11) is 0. The lowest BCUT2D eigenvalue weighted by Crippen LogP contribution is -2.65. The third-order valence-electron chi connectivity index (χ3n) is 6.42. The first-order valence-electron chi connectivity index (χ1n) is 8.50. The van der Waals surface area contributed by atoms with E-state index in [1.807, 2.05) is 12.2 Å². The lowest BCUT2D eigenvalue weighted by molar-refractivity contribution is -0.0489. The van der Waals surface area contributed by atoms with Crippen LogP contribution in [0.3, 0.4) is 0 Å². The van der Waals surface area contributed by atoms with Crippen molar-refractivity contribution in [1.82, 2.24) is 4.90 Å². The molecule has 0 amide bonds. The van der Waals surface area contributed by atoms with Gasteiger partial charge in [-0.2, -0.15) is 0 Å². The van der Waals surface area contributed by atoms with E-state index in [4.69, 9.17) is 4.74 Å². The van der Waals surface area contributed by atoms with Gasteiger partial charge in [0, 0.05) is 34.0 Å². The van der Waals surface area contributed by atoms with Crippen LogP contribution in [0.4, 0.5) is 0 Å². The highest BCUT2D eigenvalue weighted by atomic mass is 79.9.